The van der Waals surface area contributed by atoms with Gasteiger partial charge in [-0.15, -0.1) is 0 Å². The van der Waals surface area contributed by atoms with Gasteiger partial charge in [-0.2, -0.15) is 0 Å². The quantitative estimate of drug-likeness (QED) is 0.662. The molecule has 0 heterocycles. The lowest BCUT2D eigenvalue weighted by atomic mass is 10.0. The van der Waals surface area contributed by atoms with E-state index in [-0.39, 0.29) is 11.3 Å². The van der Waals surface area contributed by atoms with Gasteiger partial charge in [-0.25, -0.2) is 8.42 Å². The largest absolute Gasteiger partial charge is 0.356 e. The van der Waals surface area contributed by atoms with E-state index in [2.05, 4.69) is 10.6 Å². The van der Waals surface area contributed by atoms with E-state index < -0.39 is 21.5 Å². The minimum Gasteiger partial charge on any atom is -0.356 e. The molecule has 0 saturated heterocycles. The molecule has 0 fully saturated rings. The molecule has 102 valence electrons. The van der Waals surface area contributed by atoms with Crippen LogP contribution in [-0.4, -0.2) is 44.5 Å². The highest BCUT2D eigenvalue weighted by molar-refractivity contribution is 7.92. The third-order valence-electron chi connectivity index (χ3n) is 2.63. The fourth-order valence-corrected chi connectivity index (χ4v) is 2.25. The van der Waals surface area contributed by atoms with Crippen LogP contribution in [-0.2, 0) is 14.6 Å². The van der Waals surface area contributed by atoms with E-state index in [4.69, 9.17) is 0 Å². The normalized spacial score (nSPS) is 12.5. The van der Waals surface area contributed by atoms with Gasteiger partial charge in [-0.3, -0.25) is 4.79 Å². The minimum absolute atomic E-state index is 0.00638. The number of hydrogen-bond donors (Lipinski definition) is 2. The first-order valence-corrected chi connectivity index (χ1v) is 7.76. The Kier molecular flexibility index (Phi) is 6.70. The van der Waals surface area contributed by atoms with Crippen molar-refractivity contribution in [2.24, 2.45) is 0 Å². The molecule has 0 aliphatic heterocycles. The topological polar surface area (TPSA) is 75.3 Å². The standard InChI is InChI=1S/C11H24N2O3S/c1-5-11(3,4)13-7-8-17(15,16)9-10(14)12-6-2/h13H,5-9H2,1-4H3,(H,12,14). The van der Waals surface area contributed by atoms with E-state index >= 15 is 0 Å². The lowest BCUT2D eigenvalue weighted by molar-refractivity contribution is -0.118. The van der Waals surface area contributed by atoms with Gasteiger partial charge in [0.1, 0.15) is 5.75 Å². The summed E-state index contributed by atoms with van der Waals surface area (Å²) in [5.74, 6) is -0.856. The van der Waals surface area contributed by atoms with Gasteiger partial charge in [0.25, 0.3) is 0 Å². The van der Waals surface area contributed by atoms with E-state index in [1.165, 1.54) is 0 Å². The second-order valence-corrected chi connectivity index (χ2v) is 6.89. The molecule has 0 spiro atoms. The van der Waals surface area contributed by atoms with Gasteiger partial charge in [0, 0.05) is 18.6 Å². The highest BCUT2D eigenvalue weighted by atomic mass is 32.2. The first-order chi connectivity index (χ1) is 7.72. The minimum atomic E-state index is -3.31. The lowest BCUT2D eigenvalue weighted by Gasteiger charge is -2.24. The summed E-state index contributed by atoms with van der Waals surface area (Å²) in [7, 11) is -3.31. The number of rotatable bonds is 8. The zero-order valence-corrected chi connectivity index (χ0v) is 12.0. The average molecular weight is 264 g/mol. The van der Waals surface area contributed by atoms with Gasteiger partial charge in [0.15, 0.2) is 9.84 Å². The third kappa shape index (κ3) is 8.15. The number of carbonyl (C=O) groups is 1. The van der Waals surface area contributed by atoms with Crippen molar-refractivity contribution in [3.8, 4) is 0 Å². The number of nitrogens with one attached hydrogen (secondary N) is 2. The van der Waals surface area contributed by atoms with Crippen LogP contribution in [0, 0.1) is 0 Å². The predicted molar refractivity (Wildman–Crippen MR) is 69.7 cm³/mol. The first kappa shape index (κ1) is 16.4. The molecule has 0 unspecified atom stereocenters. The Morgan fingerprint density at radius 3 is 2.29 bits per heavy atom. The number of hydrogen-bond acceptors (Lipinski definition) is 4. The van der Waals surface area contributed by atoms with Crippen molar-refractivity contribution < 1.29 is 13.2 Å². The van der Waals surface area contributed by atoms with E-state index in [1.807, 2.05) is 20.8 Å². The van der Waals surface area contributed by atoms with Crippen molar-refractivity contribution in [3.05, 3.63) is 0 Å². The van der Waals surface area contributed by atoms with E-state index in [1.54, 1.807) is 6.92 Å². The van der Waals surface area contributed by atoms with Crippen LogP contribution in [0.25, 0.3) is 0 Å². The Morgan fingerprint density at radius 2 is 1.82 bits per heavy atom. The highest BCUT2D eigenvalue weighted by Gasteiger charge is 2.18. The van der Waals surface area contributed by atoms with Crippen molar-refractivity contribution in [3.63, 3.8) is 0 Å². The summed E-state index contributed by atoms with van der Waals surface area (Å²) in [4.78, 5) is 11.2. The molecule has 0 bridgehead atoms. The second-order valence-electron chi connectivity index (χ2n) is 4.71. The van der Waals surface area contributed by atoms with Gasteiger partial charge in [-0.1, -0.05) is 6.92 Å². The van der Waals surface area contributed by atoms with Crippen molar-refractivity contribution in [2.75, 3.05) is 24.6 Å². The van der Waals surface area contributed by atoms with Crippen molar-refractivity contribution in [1.82, 2.24) is 10.6 Å². The Hall–Kier alpha value is -0.620. The Balaban J connectivity index is 4.07. The monoisotopic (exact) mass is 264 g/mol. The summed E-state index contributed by atoms with van der Waals surface area (Å²) in [6.45, 7) is 8.66. The Labute approximate surface area is 104 Å². The Morgan fingerprint density at radius 1 is 1.24 bits per heavy atom. The maximum atomic E-state index is 11.6. The molecule has 0 rings (SSSR count). The summed E-state index contributed by atoms with van der Waals surface area (Å²) in [5, 5.41) is 5.64. The molecule has 0 radical (unpaired) electrons. The zero-order valence-electron chi connectivity index (χ0n) is 11.2. The van der Waals surface area contributed by atoms with Gasteiger partial charge < -0.3 is 10.6 Å². The predicted octanol–water partition coefficient (Wildman–Crippen LogP) is 0.316. The summed E-state index contributed by atoms with van der Waals surface area (Å²) >= 11 is 0. The Bertz CT molecular complexity index is 337. The van der Waals surface area contributed by atoms with Crippen LogP contribution in [0.1, 0.15) is 34.1 Å². The van der Waals surface area contributed by atoms with Crippen molar-refractivity contribution >= 4 is 15.7 Å². The van der Waals surface area contributed by atoms with Crippen LogP contribution in [0.15, 0.2) is 0 Å². The van der Waals surface area contributed by atoms with Gasteiger partial charge >= 0.3 is 0 Å². The maximum Gasteiger partial charge on any atom is 0.235 e. The van der Waals surface area contributed by atoms with E-state index in [0.29, 0.717) is 13.1 Å². The molecule has 0 saturated carbocycles. The molecule has 0 aromatic heterocycles. The van der Waals surface area contributed by atoms with Crippen LogP contribution < -0.4 is 10.6 Å². The molecule has 17 heavy (non-hydrogen) atoms. The number of amides is 1. The molecule has 0 atom stereocenters. The van der Waals surface area contributed by atoms with Crippen LogP contribution in [0.4, 0.5) is 0 Å². The molecule has 6 heteroatoms. The number of sulfone groups is 1. The fourth-order valence-electron chi connectivity index (χ4n) is 1.19. The summed E-state index contributed by atoms with van der Waals surface area (Å²) in [6.07, 6.45) is 0.920. The molecule has 1 amide bonds. The smallest absolute Gasteiger partial charge is 0.235 e. The molecule has 2 N–H and O–H groups in total. The van der Waals surface area contributed by atoms with Crippen LogP contribution in [0.5, 0.6) is 0 Å². The van der Waals surface area contributed by atoms with E-state index in [9.17, 15) is 13.2 Å². The molecule has 0 aliphatic rings. The summed E-state index contributed by atoms with van der Waals surface area (Å²) in [6, 6.07) is 0. The zero-order chi connectivity index (χ0) is 13.5. The van der Waals surface area contributed by atoms with Gasteiger partial charge in [0.05, 0.1) is 5.75 Å². The van der Waals surface area contributed by atoms with Gasteiger partial charge in [-0.05, 0) is 27.2 Å². The van der Waals surface area contributed by atoms with E-state index in [0.717, 1.165) is 6.42 Å². The second kappa shape index (κ2) is 6.96. The molecule has 0 aliphatic carbocycles. The van der Waals surface area contributed by atoms with Gasteiger partial charge in [0.2, 0.25) is 5.91 Å². The van der Waals surface area contributed by atoms with Crippen LogP contribution in [0.3, 0.4) is 0 Å². The fraction of sp³-hybridized carbons (Fsp3) is 0.909. The molecular formula is C11H24N2O3S. The van der Waals surface area contributed by atoms with Crippen LogP contribution >= 0.6 is 0 Å². The molecular weight excluding hydrogens is 240 g/mol. The molecule has 5 nitrogen and oxygen atoms in total. The molecule has 0 aromatic rings. The lowest BCUT2D eigenvalue weighted by Crippen LogP contribution is -2.42. The summed E-state index contributed by atoms with van der Waals surface area (Å²) in [5.41, 5.74) is -0.0683. The van der Waals surface area contributed by atoms with Crippen molar-refractivity contribution in [1.29, 1.82) is 0 Å². The summed E-state index contributed by atoms with van der Waals surface area (Å²) < 4.78 is 23.2. The first-order valence-electron chi connectivity index (χ1n) is 5.94. The number of carbonyl (C=O) groups excluding carboxylic acids is 1. The highest BCUT2D eigenvalue weighted by Crippen LogP contribution is 2.06. The molecule has 0 aromatic carbocycles. The SMILES string of the molecule is CCNC(=O)CS(=O)(=O)CCNC(C)(C)CC. The third-order valence-corrected chi connectivity index (χ3v) is 4.15. The van der Waals surface area contributed by atoms with Crippen LogP contribution in [0.2, 0.25) is 0 Å². The maximum absolute atomic E-state index is 11.6. The average Bonchev–Trinajstić information content (AvgIpc) is 2.16. The van der Waals surface area contributed by atoms with Crippen molar-refractivity contribution in [2.45, 2.75) is 39.7 Å².